The van der Waals surface area contributed by atoms with E-state index in [-0.39, 0.29) is 5.56 Å². The molecule has 0 spiro atoms. The molecule has 2 N–H and O–H groups in total. The maximum atomic E-state index is 11.5. The third-order valence-electron chi connectivity index (χ3n) is 3.52. The molecule has 1 aliphatic rings. The second kappa shape index (κ2) is 5.84. The van der Waals surface area contributed by atoms with Crippen LogP contribution in [0.5, 0.6) is 0 Å². The fourth-order valence-corrected chi connectivity index (χ4v) is 2.90. The predicted molar refractivity (Wildman–Crippen MR) is 77.2 cm³/mol. The molecule has 0 saturated heterocycles. The molecule has 0 amide bonds. The highest BCUT2D eigenvalue weighted by Crippen LogP contribution is 2.28. The van der Waals surface area contributed by atoms with Crippen LogP contribution < -0.4 is 10.9 Å². The quantitative estimate of drug-likeness (QED) is 0.827. The van der Waals surface area contributed by atoms with E-state index < -0.39 is 0 Å². The van der Waals surface area contributed by atoms with Crippen molar-refractivity contribution >= 4 is 28.4 Å². The van der Waals surface area contributed by atoms with Gasteiger partial charge in [0.25, 0.3) is 5.56 Å². The van der Waals surface area contributed by atoms with Crippen molar-refractivity contribution in [1.82, 2.24) is 9.97 Å². The van der Waals surface area contributed by atoms with Crippen molar-refractivity contribution in [3.05, 3.63) is 20.3 Å². The van der Waals surface area contributed by atoms with E-state index >= 15 is 0 Å². The SMILES string of the molecule is CC(Nc1nc[nH]c(=O)c1I)C1CCCCC1. The van der Waals surface area contributed by atoms with Crippen LogP contribution >= 0.6 is 22.6 Å². The Labute approximate surface area is 115 Å². The molecule has 0 aliphatic heterocycles. The lowest BCUT2D eigenvalue weighted by Crippen LogP contribution is -2.29. The first-order valence-electron chi connectivity index (χ1n) is 6.18. The molecule has 1 fully saturated rings. The number of rotatable bonds is 3. The number of anilines is 1. The van der Waals surface area contributed by atoms with Crippen molar-refractivity contribution in [2.45, 2.75) is 45.1 Å². The molecule has 1 aromatic rings. The fraction of sp³-hybridized carbons (Fsp3) is 0.667. The molecule has 0 bridgehead atoms. The van der Waals surface area contributed by atoms with Crippen LogP contribution in [0.4, 0.5) is 5.82 Å². The highest BCUT2D eigenvalue weighted by Gasteiger charge is 2.21. The van der Waals surface area contributed by atoms with E-state index in [4.69, 9.17) is 0 Å². The van der Waals surface area contributed by atoms with Crippen LogP contribution in [0.25, 0.3) is 0 Å². The fourth-order valence-electron chi connectivity index (χ4n) is 2.45. The van der Waals surface area contributed by atoms with Gasteiger partial charge in [-0.15, -0.1) is 0 Å². The lowest BCUT2D eigenvalue weighted by molar-refractivity contribution is 0.328. The van der Waals surface area contributed by atoms with Crippen molar-refractivity contribution in [3.8, 4) is 0 Å². The van der Waals surface area contributed by atoms with E-state index in [1.807, 2.05) is 22.6 Å². The van der Waals surface area contributed by atoms with Gasteiger partial charge in [-0.1, -0.05) is 19.3 Å². The van der Waals surface area contributed by atoms with Crippen molar-refractivity contribution in [2.24, 2.45) is 5.92 Å². The molecule has 94 valence electrons. The van der Waals surface area contributed by atoms with E-state index in [1.54, 1.807) is 0 Å². The summed E-state index contributed by atoms with van der Waals surface area (Å²) in [6.45, 7) is 2.19. The Balaban J connectivity index is 2.04. The highest BCUT2D eigenvalue weighted by atomic mass is 127. The summed E-state index contributed by atoms with van der Waals surface area (Å²) in [5.74, 6) is 1.42. The first-order valence-corrected chi connectivity index (χ1v) is 7.26. The summed E-state index contributed by atoms with van der Waals surface area (Å²) in [5, 5.41) is 3.38. The third-order valence-corrected chi connectivity index (χ3v) is 4.52. The number of nitrogens with one attached hydrogen (secondary N) is 2. The maximum absolute atomic E-state index is 11.5. The molecule has 5 heteroatoms. The van der Waals surface area contributed by atoms with E-state index in [0.717, 1.165) is 0 Å². The number of H-pyrrole nitrogens is 1. The Hall–Kier alpha value is -0.590. The number of aromatic nitrogens is 2. The van der Waals surface area contributed by atoms with Crippen LogP contribution in [0.3, 0.4) is 0 Å². The topological polar surface area (TPSA) is 57.8 Å². The molecule has 1 heterocycles. The second-order valence-corrected chi connectivity index (χ2v) is 5.80. The van der Waals surface area contributed by atoms with Gasteiger partial charge >= 0.3 is 0 Å². The minimum atomic E-state index is -0.0704. The molecule has 17 heavy (non-hydrogen) atoms. The van der Waals surface area contributed by atoms with Crippen molar-refractivity contribution in [1.29, 1.82) is 0 Å². The average molecular weight is 347 g/mol. The van der Waals surface area contributed by atoms with Gasteiger partial charge < -0.3 is 10.3 Å². The van der Waals surface area contributed by atoms with Gasteiger partial charge in [-0.25, -0.2) is 4.98 Å². The minimum Gasteiger partial charge on any atom is -0.366 e. The molecule has 2 rings (SSSR count). The van der Waals surface area contributed by atoms with E-state index in [1.165, 1.54) is 38.4 Å². The van der Waals surface area contributed by atoms with E-state index in [9.17, 15) is 4.79 Å². The summed E-state index contributed by atoms with van der Waals surface area (Å²) in [6, 6.07) is 0.387. The Morgan fingerprint density at radius 2 is 2.18 bits per heavy atom. The standard InChI is InChI=1S/C12H18IN3O/c1-8(9-5-3-2-4-6-9)16-11-10(13)12(17)15-7-14-11/h7-9H,2-6H2,1H3,(H2,14,15,16,17). The van der Waals surface area contributed by atoms with Gasteiger partial charge in [-0.3, -0.25) is 4.79 Å². The normalized spacial score (nSPS) is 18.9. The zero-order chi connectivity index (χ0) is 12.3. The van der Waals surface area contributed by atoms with Crippen LogP contribution in [-0.4, -0.2) is 16.0 Å². The van der Waals surface area contributed by atoms with Gasteiger partial charge in [0.05, 0.1) is 6.33 Å². The molecule has 1 aromatic heterocycles. The van der Waals surface area contributed by atoms with Gasteiger partial charge in [0.1, 0.15) is 9.39 Å². The smallest absolute Gasteiger partial charge is 0.266 e. The summed E-state index contributed by atoms with van der Waals surface area (Å²) < 4.78 is 0.646. The predicted octanol–water partition coefficient (Wildman–Crippen LogP) is 2.76. The van der Waals surface area contributed by atoms with Crippen molar-refractivity contribution in [2.75, 3.05) is 5.32 Å². The average Bonchev–Trinajstić information content (AvgIpc) is 2.36. The van der Waals surface area contributed by atoms with E-state index in [2.05, 4.69) is 22.2 Å². The lowest BCUT2D eigenvalue weighted by atomic mass is 9.84. The zero-order valence-electron chi connectivity index (χ0n) is 10.0. The molecular formula is C12H18IN3O. The van der Waals surface area contributed by atoms with Crippen molar-refractivity contribution < 1.29 is 0 Å². The van der Waals surface area contributed by atoms with Crippen LogP contribution in [0.15, 0.2) is 11.1 Å². The molecule has 1 aliphatic carbocycles. The van der Waals surface area contributed by atoms with E-state index in [0.29, 0.717) is 21.3 Å². The molecule has 1 atom stereocenters. The van der Waals surface area contributed by atoms with Crippen LogP contribution in [0, 0.1) is 9.49 Å². The molecule has 1 saturated carbocycles. The highest BCUT2D eigenvalue weighted by molar-refractivity contribution is 14.1. The molecule has 4 nitrogen and oxygen atoms in total. The van der Waals surface area contributed by atoms with Gasteiger partial charge in [-0.2, -0.15) is 0 Å². The zero-order valence-corrected chi connectivity index (χ0v) is 12.2. The van der Waals surface area contributed by atoms with Gasteiger partial charge in [0.2, 0.25) is 0 Å². The third kappa shape index (κ3) is 3.20. The van der Waals surface area contributed by atoms with Gasteiger partial charge in [0, 0.05) is 6.04 Å². The summed E-state index contributed by atoms with van der Waals surface area (Å²) in [4.78, 5) is 18.2. The molecule has 0 radical (unpaired) electrons. The number of halogens is 1. The summed E-state index contributed by atoms with van der Waals surface area (Å²) >= 11 is 2.04. The lowest BCUT2D eigenvalue weighted by Gasteiger charge is -2.28. The second-order valence-electron chi connectivity index (χ2n) is 4.73. The first-order chi connectivity index (χ1) is 8.18. The molecule has 0 aromatic carbocycles. The van der Waals surface area contributed by atoms with Gasteiger partial charge in [-0.05, 0) is 48.3 Å². The summed E-state index contributed by atoms with van der Waals surface area (Å²) in [5.41, 5.74) is -0.0704. The monoisotopic (exact) mass is 347 g/mol. The number of hydrogen-bond donors (Lipinski definition) is 2. The number of nitrogens with zero attached hydrogens (tertiary/aromatic N) is 1. The summed E-state index contributed by atoms with van der Waals surface area (Å²) in [7, 11) is 0. The van der Waals surface area contributed by atoms with Crippen LogP contribution in [0.1, 0.15) is 39.0 Å². The largest absolute Gasteiger partial charge is 0.366 e. The molecular weight excluding hydrogens is 329 g/mol. The Kier molecular flexibility index (Phi) is 4.42. The Bertz CT molecular complexity index is 426. The Morgan fingerprint density at radius 3 is 2.88 bits per heavy atom. The minimum absolute atomic E-state index is 0.0704. The summed E-state index contributed by atoms with van der Waals surface area (Å²) in [6.07, 6.45) is 8.06. The van der Waals surface area contributed by atoms with Crippen molar-refractivity contribution in [3.63, 3.8) is 0 Å². The number of hydrogen-bond acceptors (Lipinski definition) is 3. The first kappa shape index (κ1) is 12.9. The Morgan fingerprint density at radius 1 is 1.47 bits per heavy atom. The van der Waals surface area contributed by atoms with Gasteiger partial charge in [0.15, 0.2) is 0 Å². The number of aromatic amines is 1. The maximum Gasteiger partial charge on any atom is 0.266 e. The molecule has 1 unspecified atom stereocenters. The van der Waals surface area contributed by atoms with Crippen LogP contribution in [0.2, 0.25) is 0 Å². The van der Waals surface area contributed by atoms with Crippen LogP contribution in [-0.2, 0) is 0 Å².